The van der Waals surface area contributed by atoms with Crippen LogP contribution in [-0.2, 0) is 19.2 Å². The number of carbonyl (C=O) groups excluding carboxylic acids is 4. The van der Waals surface area contributed by atoms with E-state index in [1.165, 1.54) is 0 Å². The van der Waals surface area contributed by atoms with Gasteiger partial charge in [0.1, 0.15) is 6.61 Å². The summed E-state index contributed by atoms with van der Waals surface area (Å²) >= 11 is 0. The molecule has 0 spiro atoms. The van der Waals surface area contributed by atoms with Gasteiger partial charge in [0.15, 0.2) is 0 Å². The highest BCUT2D eigenvalue weighted by molar-refractivity contribution is 6.01. The zero-order valence-corrected chi connectivity index (χ0v) is 10.7. The van der Waals surface area contributed by atoms with Gasteiger partial charge < -0.3 is 15.8 Å². The van der Waals surface area contributed by atoms with Crippen LogP contribution in [0.3, 0.4) is 0 Å². The number of nitrogens with zero attached hydrogens (tertiary/aromatic N) is 1. The van der Waals surface area contributed by atoms with Crippen LogP contribution in [0.2, 0.25) is 0 Å². The molecular weight excluding hydrogens is 270 g/mol. The molecule has 0 aromatic heterocycles. The molecule has 9 heteroatoms. The van der Waals surface area contributed by atoms with Crippen LogP contribution in [0.4, 0.5) is 9.59 Å². The Bertz CT molecular complexity index is 431. The van der Waals surface area contributed by atoms with E-state index in [9.17, 15) is 19.2 Å². The molecule has 0 bridgehead atoms. The highest BCUT2D eigenvalue weighted by atomic mass is 16.8. The summed E-state index contributed by atoms with van der Waals surface area (Å²) in [5, 5.41) is 2.73. The van der Waals surface area contributed by atoms with Crippen molar-refractivity contribution in [2.45, 2.75) is 19.3 Å². The van der Waals surface area contributed by atoms with Gasteiger partial charge in [-0.2, -0.15) is 0 Å². The van der Waals surface area contributed by atoms with E-state index in [4.69, 9.17) is 5.73 Å². The van der Waals surface area contributed by atoms with Crippen LogP contribution >= 0.6 is 0 Å². The van der Waals surface area contributed by atoms with Crippen LogP contribution in [0, 0.1) is 0 Å². The molecule has 4 amide bonds. The molecule has 0 atom stereocenters. The molecule has 0 saturated carbocycles. The Labute approximate surface area is 114 Å². The van der Waals surface area contributed by atoms with Crippen LogP contribution in [0.25, 0.3) is 0 Å². The summed E-state index contributed by atoms with van der Waals surface area (Å²) in [6, 6.07) is -0.663. The summed E-state index contributed by atoms with van der Waals surface area (Å²) < 4.78 is 4.67. The van der Waals surface area contributed by atoms with Crippen LogP contribution in [-0.4, -0.2) is 42.2 Å². The van der Waals surface area contributed by atoms with Crippen LogP contribution in [0.5, 0.6) is 0 Å². The second-order valence-electron chi connectivity index (χ2n) is 4.00. The van der Waals surface area contributed by atoms with E-state index in [-0.39, 0.29) is 26.0 Å². The number of primary amides is 1. The molecule has 1 rings (SSSR count). The fourth-order valence-corrected chi connectivity index (χ4v) is 1.35. The topological polar surface area (TPSA) is 128 Å². The van der Waals surface area contributed by atoms with Gasteiger partial charge >= 0.3 is 12.2 Å². The molecule has 9 nitrogen and oxygen atoms in total. The number of imide groups is 1. The smallest absolute Gasteiger partial charge is 0.428 e. The predicted molar refractivity (Wildman–Crippen MR) is 64.9 cm³/mol. The van der Waals surface area contributed by atoms with E-state index in [1.54, 1.807) is 0 Å². The normalized spacial score (nSPS) is 14.1. The van der Waals surface area contributed by atoms with Crippen molar-refractivity contribution in [2.24, 2.45) is 5.73 Å². The quantitative estimate of drug-likeness (QED) is 0.395. The third-order valence-corrected chi connectivity index (χ3v) is 2.34. The number of nitrogens with two attached hydrogens (primary N) is 1. The number of hydroxylamine groups is 2. The molecule has 0 aromatic carbocycles. The lowest BCUT2D eigenvalue weighted by Gasteiger charge is -2.13. The molecule has 1 heterocycles. The molecule has 1 fully saturated rings. The standard InChI is InChI=1S/C11H15N3O6/c1-7(4-5-13-10(12)17)6-19-11(18)20-14-8(15)2-3-9(14)16/h1-6H2,(H3,12,13,17). The Morgan fingerprint density at radius 3 is 2.45 bits per heavy atom. The molecule has 0 aliphatic carbocycles. The van der Waals surface area contributed by atoms with E-state index in [1.807, 2.05) is 0 Å². The van der Waals surface area contributed by atoms with Gasteiger partial charge in [0.2, 0.25) is 0 Å². The molecule has 1 aliphatic heterocycles. The Morgan fingerprint density at radius 2 is 1.90 bits per heavy atom. The van der Waals surface area contributed by atoms with Crippen molar-refractivity contribution in [1.29, 1.82) is 0 Å². The summed E-state index contributed by atoms with van der Waals surface area (Å²) in [6.07, 6.45) is -0.787. The second-order valence-corrected chi connectivity index (χ2v) is 4.00. The molecule has 0 radical (unpaired) electrons. The highest BCUT2D eigenvalue weighted by Gasteiger charge is 2.33. The molecule has 1 saturated heterocycles. The number of hydrogen-bond donors (Lipinski definition) is 2. The molecule has 3 N–H and O–H groups in total. The van der Waals surface area contributed by atoms with Gasteiger partial charge in [-0.25, -0.2) is 9.59 Å². The lowest BCUT2D eigenvalue weighted by molar-refractivity contribution is -0.176. The van der Waals surface area contributed by atoms with Crippen molar-refractivity contribution in [3.05, 3.63) is 12.2 Å². The minimum Gasteiger partial charge on any atom is -0.428 e. The molecule has 20 heavy (non-hydrogen) atoms. The van der Waals surface area contributed by atoms with Gasteiger partial charge in [-0.05, 0) is 12.0 Å². The third kappa shape index (κ3) is 4.96. The lowest BCUT2D eigenvalue weighted by atomic mass is 10.2. The average molecular weight is 285 g/mol. The van der Waals surface area contributed by atoms with E-state index < -0.39 is 24.0 Å². The Morgan fingerprint density at radius 1 is 1.30 bits per heavy atom. The van der Waals surface area contributed by atoms with E-state index in [0.717, 1.165) is 0 Å². The summed E-state index contributed by atoms with van der Waals surface area (Å²) in [5.74, 6) is -1.17. The second kappa shape index (κ2) is 7.12. The number of amides is 4. The molecular formula is C11H15N3O6. The van der Waals surface area contributed by atoms with Gasteiger partial charge in [0.25, 0.3) is 11.8 Å². The summed E-state index contributed by atoms with van der Waals surface area (Å²) in [5.41, 5.74) is 5.37. The monoisotopic (exact) mass is 285 g/mol. The first-order valence-corrected chi connectivity index (χ1v) is 5.80. The van der Waals surface area contributed by atoms with Gasteiger partial charge in [0.05, 0.1) is 0 Å². The lowest BCUT2D eigenvalue weighted by Crippen LogP contribution is -2.32. The van der Waals surface area contributed by atoms with E-state index in [0.29, 0.717) is 17.1 Å². The SMILES string of the molecule is C=C(CCNC(N)=O)COC(=O)ON1C(=O)CCC1=O. The summed E-state index contributed by atoms with van der Waals surface area (Å²) in [6.45, 7) is 3.72. The van der Waals surface area contributed by atoms with Gasteiger partial charge in [-0.3, -0.25) is 14.4 Å². The predicted octanol–water partition coefficient (Wildman–Crippen LogP) is -0.182. The van der Waals surface area contributed by atoms with E-state index in [2.05, 4.69) is 21.5 Å². The first kappa shape index (κ1) is 15.5. The minimum absolute atomic E-state index is 0.0115. The molecule has 0 aromatic rings. The minimum atomic E-state index is -1.17. The third-order valence-electron chi connectivity index (χ3n) is 2.34. The fraction of sp³-hybridized carbons (Fsp3) is 0.455. The number of nitrogens with one attached hydrogen (secondary N) is 1. The molecule has 0 unspecified atom stereocenters. The Hall–Kier alpha value is -2.58. The van der Waals surface area contributed by atoms with Gasteiger partial charge in [-0.1, -0.05) is 11.6 Å². The Balaban J connectivity index is 2.22. The zero-order chi connectivity index (χ0) is 15.1. The molecule has 110 valence electrons. The van der Waals surface area contributed by atoms with Gasteiger partial charge in [-0.15, -0.1) is 0 Å². The fourth-order valence-electron chi connectivity index (χ4n) is 1.35. The summed E-state index contributed by atoms with van der Waals surface area (Å²) in [4.78, 5) is 48.5. The highest BCUT2D eigenvalue weighted by Crippen LogP contribution is 2.12. The van der Waals surface area contributed by atoms with Crippen molar-refractivity contribution in [1.82, 2.24) is 10.4 Å². The van der Waals surface area contributed by atoms with Crippen molar-refractivity contribution in [3.63, 3.8) is 0 Å². The van der Waals surface area contributed by atoms with Crippen LogP contribution in [0.1, 0.15) is 19.3 Å². The van der Waals surface area contributed by atoms with Crippen LogP contribution < -0.4 is 11.1 Å². The summed E-state index contributed by atoms with van der Waals surface area (Å²) in [7, 11) is 0. The number of ether oxygens (including phenoxy) is 1. The number of hydrogen-bond acceptors (Lipinski definition) is 6. The van der Waals surface area contributed by atoms with Crippen molar-refractivity contribution in [2.75, 3.05) is 13.2 Å². The van der Waals surface area contributed by atoms with Gasteiger partial charge in [0, 0.05) is 19.4 Å². The largest absolute Gasteiger partial charge is 0.534 e. The van der Waals surface area contributed by atoms with E-state index >= 15 is 0 Å². The number of rotatable bonds is 6. The maximum atomic E-state index is 11.3. The average Bonchev–Trinajstić information content (AvgIpc) is 2.68. The number of urea groups is 1. The zero-order valence-electron chi connectivity index (χ0n) is 10.7. The number of carbonyl (C=O) groups is 4. The van der Waals surface area contributed by atoms with Crippen molar-refractivity contribution in [3.8, 4) is 0 Å². The van der Waals surface area contributed by atoms with Crippen molar-refractivity contribution < 1.29 is 28.8 Å². The van der Waals surface area contributed by atoms with Crippen LogP contribution in [0.15, 0.2) is 12.2 Å². The maximum Gasteiger partial charge on any atom is 0.534 e. The Kier molecular flexibility index (Phi) is 5.51. The molecule has 1 aliphatic rings. The van der Waals surface area contributed by atoms with Crippen molar-refractivity contribution >= 4 is 24.0 Å². The first-order valence-electron chi connectivity index (χ1n) is 5.80. The first-order chi connectivity index (χ1) is 9.40. The maximum absolute atomic E-state index is 11.3.